The van der Waals surface area contributed by atoms with Crippen molar-refractivity contribution in [1.29, 1.82) is 0 Å². The molecule has 0 bridgehead atoms. The molecule has 1 rings (SSSR count). The maximum absolute atomic E-state index is 10.4. The zero-order valence-corrected chi connectivity index (χ0v) is 8.75. The highest BCUT2D eigenvalue weighted by Gasteiger charge is 2.13. The molecule has 4 N–H and O–H groups in total. The molecule has 0 fully saturated rings. The average Bonchev–Trinajstić information content (AvgIpc) is 2.66. The number of nitrogens with two attached hydrogens (primary N) is 1. The Morgan fingerprint density at radius 3 is 3.00 bits per heavy atom. The van der Waals surface area contributed by atoms with Gasteiger partial charge in [0.05, 0.1) is 0 Å². The van der Waals surface area contributed by atoms with Crippen molar-refractivity contribution in [3.05, 3.63) is 22.4 Å². The lowest BCUT2D eigenvalue weighted by atomic mass is 10.2. The van der Waals surface area contributed by atoms with Crippen LogP contribution in [0.1, 0.15) is 17.8 Å². The van der Waals surface area contributed by atoms with Gasteiger partial charge in [-0.05, 0) is 18.4 Å². The summed E-state index contributed by atoms with van der Waals surface area (Å²) in [4.78, 5) is 11.6. The number of hydrogen-bond acceptors (Lipinski definition) is 4. The van der Waals surface area contributed by atoms with Gasteiger partial charge in [-0.2, -0.15) is 0 Å². The third kappa shape index (κ3) is 3.10. The maximum atomic E-state index is 10.4. The first-order valence-corrected chi connectivity index (χ1v) is 5.24. The van der Waals surface area contributed by atoms with Crippen LogP contribution in [0.4, 0.5) is 0 Å². The first kappa shape index (κ1) is 11.2. The van der Waals surface area contributed by atoms with Crippen LogP contribution in [-0.2, 0) is 4.79 Å². The maximum Gasteiger partial charge on any atom is 0.321 e. The summed E-state index contributed by atoms with van der Waals surface area (Å²) < 4.78 is 0. The predicted molar refractivity (Wildman–Crippen MR) is 56.3 cm³/mol. The molecule has 0 amide bonds. The van der Waals surface area contributed by atoms with E-state index in [0.717, 1.165) is 0 Å². The summed E-state index contributed by atoms with van der Waals surface area (Å²) in [6.45, 7) is 2.27. The Kier molecular flexibility index (Phi) is 4.06. The van der Waals surface area contributed by atoms with Crippen LogP contribution in [0.3, 0.4) is 0 Å². The smallest absolute Gasteiger partial charge is 0.321 e. The third-order valence-electron chi connectivity index (χ3n) is 1.93. The highest BCUT2D eigenvalue weighted by atomic mass is 32.1. The van der Waals surface area contributed by atoms with Gasteiger partial charge in [0.15, 0.2) is 0 Å². The molecule has 0 saturated heterocycles. The highest BCUT2D eigenvalue weighted by molar-refractivity contribution is 7.10. The molecule has 2 unspecified atom stereocenters. The summed E-state index contributed by atoms with van der Waals surface area (Å²) in [6.07, 6.45) is 0. The molecule has 1 aromatic rings. The summed E-state index contributed by atoms with van der Waals surface area (Å²) in [5.74, 6) is -0.976. The standard InChI is InChI=1S/C9H14N2O2S/c1-6(8-3-2-4-14-8)11-5-7(10)9(12)13/h2-4,6-7,11H,5,10H2,1H3,(H,12,13). The molecular formula is C9H14N2O2S. The minimum atomic E-state index is -0.976. The van der Waals surface area contributed by atoms with Crippen molar-refractivity contribution >= 4 is 17.3 Å². The van der Waals surface area contributed by atoms with Crippen LogP contribution in [-0.4, -0.2) is 23.7 Å². The number of thiophene rings is 1. The number of carboxylic acid groups (broad SMARTS) is 1. The molecule has 0 aromatic carbocycles. The third-order valence-corrected chi connectivity index (χ3v) is 2.99. The van der Waals surface area contributed by atoms with Crippen molar-refractivity contribution in [1.82, 2.24) is 5.32 Å². The molecule has 14 heavy (non-hydrogen) atoms. The van der Waals surface area contributed by atoms with Gasteiger partial charge in [-0.3, -0.25) is 4.79 Å². The van der Waals surface area contributed by atoms with E-state index in [9.17, 15) is 4.79 Å². The minimum absolute atomic E-state index is 0.153. The van der Waals surface area contributed by atoms with Gasteiger partial charge in [0.25, 0.3) is 0 Å². The fraction of sp³-hybridized carbons (Fsp3) is 0.444. The van der Waals surface area contributed by atoms with E-state index < -0.39 is 12.0 Å². The van der Waals surface area contributed by atoms with Crippen LogP contribution in [0.2, 0.25) is 0 Å². The Labute approximate surface area is 86.7 Å². The molecule has 2 atom stereocenters. The Balaban J connectivity index is 2.35. The van der Waals surface area contributed by atoms with Crippen LogP contribution < -0.4 is 11.1 Å². The van der Waals surface area contributed by atoms with Gasteiger partial charge < -0.3 is 16.2 Å². The highest BCUT2D eigenvalue weighted by Crippen LogP contribution is 2.17. The fourth-order valence-corrected chi connectivity index (χ4v) is 1.79. The Bertz CT molecular complexity index is 287. The van der Waals surface area contributed by atoms with Crippen LogP contribution >= 0.6 is 11.3 Å². The topological polar surface area (TPSA) is 75.3 Å². The van der Waals surface area contributed by atoms with Crippen LogP contribution in [0, 0.1) is 0 Å². The van der Waals surface area contributed by atoms with E-state index in [4.69, 9.17) is 10.8 Å². The molecule has 0 aliphatic rings. The fourth-order valence-electron chi connectivity index (χ4n) is 1.03. The second-order valence-electron chi connectivity index (χ2n) is 3.09. The van der Waals surface area contributed by atoms with Gasteiger partial charge in [0, 0.05) is 17.5 Å². The zero-order chi connectivity index (χ0) is 10.6. The second kappa shape index (κ2) is 5.09. The van der Waals surface area contributed by atoms with Crippen molar-refractivity contribution in [2.24, 2.45) is 5.73 Å². The van der Waals surface area contributed by atoms with Crippen LogP contribution in [0.5, 0.6) is 0 Å². The average molecular weight is 214 g/mol. The number of hydrogen-bond donors (Lipinski definition) is 3. The number of carboxylic acids is 1. The number of carbonyl (C=O) groups is 1. The van der Waals surface area contributed by atoms with E-state index in [-0.39, 0.29) is 12.6 Å². The van der Waals surface area contributed by atoms with Crippen molar-refractivity contribution in [3.63, 3.8) is 0 Å². The molecule has 0 aliphatic heterocycles. The molecule has 78 valence electrons. The van der Waals surface area contributed by atoms with E-state index in [2.05, 4.69) is 5.32 Å². The molecule has 0 spiro atoms. The monoisotopic (exact) mass is 214 g/mol. The first-order chi connectivity index (χ1) is 6.61. The van der Waals surface area contributed by atoms with Gasteiger partial charge in [0.2, 0.25) is 0 Å². The Morgan fingerprint density at radius 2 is 2.50 bits per heavy atom. The molecule has 1 aromatic heterocycles. The van der Waals surface area contributed by atoms with E-state index in [0.29, 0.717) is 0 Å². The summed E-state index contributed by atoms with van der Waals surface area (Å²) >= 11 is 1.64. The van der Waals surface area contributed by atoms with Crippen LogP contribution in [0.25, 0.3) is 0 Å². The van der Waals surface area contributed by atoms with Crippen molar-refractivity contribution in [3.8, 4) is 0 Å². The molecule has 0 radical (unpaired) electrons. The summed E-state index contributed by atoms with van der Waals surface area (Å²) in [7, 11) is 0. The van der Waals surface area contributed by atoms with Gasteiger partial charge in [-0.1, -0.05) is 6.07 Å². The number of aliphatic carboxylic acids is 1. The second-order valence-corrected chi connectivity index (χ2v) is 4.07. The molecule has 1 heterocycles. The predicted octanol–water partition coefficient (Wildman–Crippen LogP) is 0.811. The normalized spacial score (nSPS) is 15.0. The van der Waals surface area contributed by atoms with Gasteiger partial charge in [0.1, 0.15) is 6.04 Å². The van der Waals surface area contributed by atoms with Crippen LogP contribution in [0.15, 0.2) is 17.5 Å². The molecule has 4 nitrogen and oxygen atoms in total. The quantitative estimate of drug-likeness (QED) is 0.678. The largest absolute Gasteiger partial charge is 0.480 e. The molecular weight excluding hydrogens is 200 g/mol. The van der Waals surface area contributed by atoms with E-state index in [1.165, 1.54) is 4.88 Å². The Morgan fingerprint density at radius 1 is 1.79 bits per heavy atom. The summed E-state index contributed by atoms with van der Waals surface area (Å²) in [6, 6.07) is 3.29. The van der Waals surface area contributed by atoms with Crippen molar-refractivity contribution in [2.45, 2.75) is 19.0 Å². The molecule has 5 heteroatoms. The summed E-state index contributed by atoms with van der Waals surface area (Å²) in [5, 5.41) is 13.6. The van der Waals surface area contributed by atoms with Crippen molar-refractivity contribution in [2.75, 3.05) is 6.54 Å². The minimum Gasteiger partial charge on any atom is -0.480 e. The molecule has 0 saturated carbocycles. The van der Waals surface area contributed by atoms with Gasteiger partial charge in [-0.15, -0.1) is 11.3 Å². The number of rotatable bonds is 5. The summed E-state index contributed by atoms with van der Waals surface area (Å²) in [5.41, 5.74) is 5.36. The SMILES string of the molecule is CC(NCC(N)C(=O)O)c1cccs1. The lowest BCUT2D eigenvalue weighted by Gasteiger charge is -2.13. The Hall–Kier alpha value is -0.910. The van der Waals surface area contributed by atoms with E-state index in [1.54, 1.807) is 11.3 Å². The van der Waals surface area contributed by atoms with Gasteiger partial charge in [-0.25, -0.2) is 0 Å². The van der Waals surface area contributed by atoms with Gasteiger partial charge >= 0.3 is 5.97 Å². The van der Waals surface area contributed by atoms with Crippen molar-refractivity contribution < 1.29 is 9.90 Å². The zero-order valence-electron chi connectivity index (χ0n) is 7.93. The lowest BCUT2D eigenvalue weighted by Crippen LogP contribution is -2.40. The number of nitrogens with one attached hydrogen (secondary N) is 1. The lowest BCUT2D eigenvalue weighted by molar-refractivity contribution is -0.138. The molecule has 0 aliphatic carbocycles. The first-order valence-electron chi connectivity index (χ1n) is 4.36. The van der Waals surface area contributed by atoms with E-state index in [1.807, 2.05) is 24.4 Å². The van der Waals surface area contributed by atoms with E-state index >= 15 is 0 Å².